The molecule has 0 amide bonds. The number of hydrogen-bond acceptors (Lipinski definition) is 3. The number of aryl methyl sites for hydroxylation is 2. The molecule has 4 nitrogen and oxygen atoms in total. The first-order valence-electron chi connectivity index (χ1n) is 6.31. The van der Waals surface area contributed by atoms with Gasteiger partial charge in [-0.3, -0.25) is 4.79 Å². The van der Waals surface area contributed by atoms with Gasteiger partial charge < -0.3 is 10.1 Å². The molecule has 0 fully saturated rings. The van der Waals surface area contributed by atoms with Crippen molar-refractivity contribution in [2.75, 3.05) is 0 Å². The summed E-state index contributed by atoms with van der Waals surface area (Å²) in [5.41, 5.74) is 4.41. The molecule has 5 heteroatoms. The fourth-order valence-corrected chi connectivity index (χ4v) is 2.81. The molecule has 19 heavy (non-hydrogen) atoms. The molecule has 2 N–H and O–H groups in total. The maximum absolute atomic E-state index is 11.0. The predicted molar refractivity (Wildman–Crippen MR) is 78.6 cm³/mol. The van der Waals surface area contributed by atoms with Crippen LogP contribution in [0.3, 0.4) is 0 Å². The number of benzene rings is 1. The van der Waals surface area contributed by atoms with Gasteiger partial charge in [-0.15, -0.1) is 11.8 Å². The van der Waals surface area contributed by atoms with Gasteiger partial charge in [-0.1, -0.05) is 6.92 Å². The maximum Gasteiger partial charge on any atom is 0.316 e. The molecular weight excluding hydrogens is 260 g/mol. The lowest BCUT2D eigenvalue weighted by Crippen LogP contribution is -2.15. The molecule has 1 aromatic carbocycles. The SMILES string of the molecule is CCC(SCc1nc2cc(C)c(C)cc2[nH]1)C(=O)O. The lowest BCUT2D eigenvalue weighted by atomic mass is 10.1. The summed E-state index contributed by atoms with van der Waals surface area (Å²) >= 11 is 1.41. The van der Waals surface area contributed by atoms with Crippen LogP contribution < -0.4 is 0 Å². The second-order valence-electron chi connectivity index (χ2n) is 4.68. The smallest absolute Gasteiger partial charge is 0.316 e. The summed E-state index contributed by atoms with van der Waals surface area (Å²) in [6.07, 6.45) is 0.623. The highest BCUT2D eigenvalue weighted by atomic mass is 32.2. The zero-order chi connectivity index (χ0) is 14.0. The molecule has 102 valence electrons. The zero-order valence-corrected chi connectivity index (χ0v) is 12.2. The molecule has 2 aromatic rings. The van der Waals surface area contributed by atoms with Crippen molar-refractivity contribution < 1.29 is 9.90 Å². The van der Waals surface area contributed by atoms with Crippen molar-refractivity contribution in [3.63, 3.8) is 0 Å². The van der Waals surface area contributed by atoms with E-state index in [0.29, 0.717) is 12.2 Å². The van der Waals surface area contributed by atoms with Crippen LogP contribution in [0.15, 0.2) is 12.1 Å². The van der Waals surface area contributed by atoms with Crippen molar-refractivity contribution >= 4 is 28.8 Å². The Labute approximate surface area is 116 Å². The fourth-order valence-electron chi connectivity index (χ4n) is 1.93. The van der Waals surface area contributed by atoms with Crippen molar-refractivity contribution in [1.29, 1.82) is 0 Å². The van der Waals surface area contributed by atoms with Crippen LogP contribution in [-0.4, -0.2) is 26.3 Å². The molecule has 0 aliphatic rings. The number of nitrogens with zero attached hydrogens (tertiary/aromatic N) is 1. The summed E-state index contributed by atoms with van der Waals surface area (Å²) in [6.45, 7) is 6.02. The van der Waals surface area contributed by atoms with E-state index in [1.807, 2.05) is 6.92 Å². The topological polar surface area (TPSA) is 66.0 Å². The van der Waals surface area contributed by atoms with E-state index < -0.39 is 5.97 Å². The lowest BCUT2D eigenvalue weighted by Gasteiger charge is -2.07. The molecule has 1 atom stereocenters. The van der Waals surface area contributed by atoms with Gasteiger partial charge in [-0.25, -0.2) is 4.98 Å². The fraction of sp³-hybridized carbons (Fsp3) is 0.429. The largest absolute Gasteiger partial charge is 0.480 e. The minimum absolute atomic E-state index is 0.364. The van der Waals surface area contributed by atoms with E-state index in [9.17, 15) is 4.79 Å². The van der Waals surface area contributed by atoms with Crippen molar-refractivity contribution in [2.24, 2.45) is 0 Å². The lowest BCUT2D eigenvalue weighted by molar-refractivity contribution is -0.136. The maximum atomic E-state index is 11.0. The number of aliphatic carboxylic acids is 1. The first kappa shape index (κ1) is 13.9. The van der Waals surface area contributed by atoms with Gasteiger partial charge in [-0.2, -0.15) is 0 Å². The highest BCUT2D eigenvalue weighted by Crippen LogP contribution is 2.22. The minimum Gasteiger partial charge on any atom is -0.480 e. The Balaban J connectivity index is 2.15. The van der Waals surface area contributed by atoms with Crippen LogP contribution in [0.5, 0.6) is 0 Å². The molecule has 0 spiro atoms. The van der Waals surface area contributed by atoms with Crippen LogP contribution in [0, 0.1) is 13.8 Å². The van der Waals surface area contributed by atoms with E-state index in [-0.39, 0.29) is 5.25 Å². The molecule has 1 unspecified atom stereocenters. The highest BCUT2D eigenvalue weighted by molar-refractivity contribution is 7.99. The summed E-state index contributed by atoms with van der Waals surface area (Å²) in [4.78, 5) is 18.7. The average Bonchev–Trinajstić information content (AvgIpc) is 2.72. The third-order valence-electron chi connectivity index (χ3n) is 3.21. The van der Waals surface area contributed by atoms with Crippen molar-refractivity contribution in [3.05, 3.63) is 29.1 Å². The second-order valence-corrected chi connectivity index (χ2v) is 5.87. The van der Waals surface area contributed by atoms with Gasteiger partial charge in [0.25, 0.3) is 0 Å². The van der Waals surface area contributed by atoms with Crippen LogP contribution in [0.25, 0.3) is 11.0 Å². The Morgan fingerprint density at radius 1 is 1.42 bits per heavy atom. The minimum atomic E-state index is -0.754. The number of H-pyrrole nitrogens is 1. The van der Waals surface area contributed by atoms with Gasteiger partial charge in [0.2, 0.25) is 0 Å². The van der Waals surface area contributed by atoms with Crippen molar-refractivity contribution in [2.45, 2.75) is 38.2 Å². The van der Waals surface area contributed by atoms with Crippen LogP contribution in [0.4, 0.5) is 0 Å². The van der Waals surface area contributed by atoms with E-state index in [1.165, 1.54) is 22.9 Å². The van der Waals surface area contributed by atoms with E-state index in [2.05, 4.69) is 35.9 Å². The Bertz CT molecular complexity index is 568. The average molecular weight is 278 g/mol. The van der Waals surface area contributed by atoms with Gasteiger partial charge in [-0.05, 0) is 43.5 Å². The number of hydrogen-bond donors (Lipinski definition) is 2. The molecule has 1 heterocycles. The van der Waals surface area contributed by atoms with Crippen molar-refractivity contribution in [3.8, 4) is 0 Å². The highest BCUT2D eigenvalue weighted by Gasteiger charge is 2.16. The number of aromatic nitrogens is 2. The predicted octanol–water partition coefficient (Wildman–Crippen LogP) is 3.28. The Kier molecular flexibility index (Phi) is 4.14. The third-order valence-corrected chi connectivity index (χ3v) is 4.59. The van der Waals surface area contributed by atoms with E-state index in [4.69, 9.17) is 5.11 Å². The molecule has 2 rings (SSSR count). The molecular formula is C14H18N2O2S. The van der Waals surface area contributed by atoms with Gasteiger partial charge in [0.1, 0.15) is 11.1 Å². The quantitative estimate of drug-likeness (QED) is 0.881. The van der Waals surface area contributed by atoms with E-state index in [0.717, 1.165) is 16.9 Å². The number of aromatic amines is 1. The molecule has 0 saturated carbocycles. The van der Waals surface area contributed by atoms with Crippen LogP contribution >= 0.6 is 11.8 Å². The Morgan fingerprint density at radius 3 is 2.74 bits per heavy atom. The molecule has 0 aliphatic carbocycles. The monoisotopic (exact) mass is 278 g/mol. The number of nitrogens with one attached hydrogen (secondary N) is 1. The number of carboxylic acids is 1. The number of carbonyl (C=O) groups is 1. The van der Waals surface area contributed by atoms with Crippen LogP contribution in [-0.2, 0) is 10.5 Å². The molecule has 0 radical (unpaired) electrons. The number of carboxylic acid groups (broad SMARTS) is 1. The van der Waals surface area contributed by atoms with Gasteiger partial charge >= 0.3 is 5.97 Å². The van der Waals surface area contributed by atoms with Crippen LogP contribution in [0.1, 0.15) is 30.3 Å². The second kappa shape index (κ2) is 5.65. The van der Waals surface area contributed by atoms with E-state index in [1.54, 1.807) is 0 Å². The van der Waals surface area contributed by atoms with E-state index >= 15 is 0 Å². The van der Waals surface area contributed by atoms with Gasteiger partial charge in [0.05, 0.1) is 16.8 Å². The molecule has 0 bridgehead atoms. The van der Waals surface area contributed by atoms with Gasteiger partial charge in [0, 0.05) is 0 Å². The summed E-state index contributed by atoms with van der Waals surface area (Å²) in [6, 6.07) is 4.14. The summed E-state index contributed by atoms with van der Waals surface area (Å²) in [5, 5.41) is 8.65. The number of imidazole rings is 1. The Hall–Kier alpha value is -1.49. The van der Waals surface area contributed by atoms with Crippen LogP contribution in [0.2, 0.25) is 0 Å². The summed E-state index contributed by atoms with van der Waals surface area (Å²) < 4.78 is 0. The van der Waals surface area contributed by atoms with Crippen molar-refractivity contribution in [1.82, 2.24) is 9.97 Å². The molecule has 0 aliphatic heterocycles. The Morgan fingerprint density at radius 2 is 2.11 bits per heavy atom. The number of rotatable bonds is 5. The first-order valence-corrected chi connectivity index (χ1v) is 7.36. The first-order chi connectivity index (χ1) is 9.01. The normalized spacial score (nSPS) is 12.8. The number of thioether (sulfide) groups is 1. The summed E-state index contributed by atoms with van der Waals surface area (Å²) in [5.74, 6) is 0.678. The standard InChI is InChI=1S/C14H18N2O2S/c1-4-12(14(17)18)19-7-13-15-10-5-8(2)9(3)6-11(10)16-13/h5-6,12H,4,7H2,1-3H3,(H,15,16)(H,17,18). The zero-order valence-electron chi connectivity index (χ0n) is 11.4. The van der Waals surface area contributed by atoms with Gasteiger partial charge in [0.15, 0.2) is 0 Å². The third kappa shape index (κ3) is 3.10. The molecule has 0 saturated heterocycles. The number of fused-ring (bicyclic) bond motifs is 1. The molecule has 1 aromatic heterocycles. The summed E-state index contributed by atoms with van der Waals surface area (Å²) in [7, 11) is 0.